The molecule has 1 aliphatic carbocycles. The van der Waals surface area contributed by atoms with Crippen molar-refractivity contribution in [2.75, 3.05) is 6.61 Å². The van der Waals surface area contributed by atoms with E-state index in [2.05, 4.69) is 6.92 Å². The highest BCUT2D eigenvalue weighted by Crippen LogP contribution is 2.40. The van der Waals surface area contributed by atoms with Gasteiger partial charge in [-0.3, -0.25) is 0 Å². The normalized spacial score (nSPS) is 35.6. The minimum atomic E-state index is -0.803. The standard InChI is InChI=1S/C14H20O4/c1-2-3-4-5-6-7-9-10(8-15)12(17)14-13(18-14)11(9)16/h4-7,11-17H,2-3,8H2,1H3/b5-4+,7-6+/t11-,12+,13?,14?/m1/s1. The number of rotatable bonds is 5. The summed E-state index contributed by atoms with van der Waals surface area (Å²) in [7, 11) is 0. The third kappa shape index (κ3) is 2.57. The summed E-state index contributed by atoms with van der Waals surface area (Å²) in [5, 5.41) is 29.2. The summed E-state index contributed by atoms with van der Waals surface area (Å²) in [6.07, 6.45) is 7.37. The van der Waals surface area contributed by atoms with Crippen LogP contribution in [0.5, 0.6) is 0 Å². The van der Waals surface area contributed by atoms with Crippen LogP contribution in [0.4, 0.5) is 0 Å². The second-order valence-electron chi connectivity index (χ2n) is 4.67. The largest absolute Gasteiger partial charge is 0.392 e. The van der Waals surface area contributed by atoms with Crippen LogP contribution in [0.1, 0.15) is 19.8 Å². The lowest BCUT2D eigenvalue weighted by atomic mass is 9.87. The lowest BCUT2D eigenvalue weighted by Crippen LogP contribution is -2.35. The summed E-state index contributed by atoms with van der Waals surface area (Å²) < 4.78 is 5.20. The Morgan fingerprint density at radius 3 is 2.56 bits per heavy atom. The Morgan fingerprint density at radius 2 is 1.89 bits per heavy atom. The van der Waals surface area contributed by atoms with Gasteiger partial charge in [0, 0.05) is 0 Å². The van der Waals surface area contributed by atoms with Gasteiger partial charge in [0.1, 0.15) is 24.4 Å². The molecule has 4 atom stereocenters. The smallest absolute Gasteiger partial charge is 0.117 e. The van der Waals surface area contributed by atoms with Crippen molar-refractivity contribution in [3.63, 3.8) is 0 Å². The van der Waals surface area contributed by atoms with Crippen molar-refractivity contribution in [2.45, 2.75) is 44.2 Å². The van der Waals surface area contributed by atoms with Gasteiger partial charge >= 0.3 is 0 Å². The van der Waals surface area contributed by atoms with Crippen molar-refractivity contribution in [1.82, 2.24) is 0 Å². The minimum absolute atomic E-state index is 0.261. The molecular weight excluding hydrogens is 232 g/mol. The second-order valence-corrected chi connectivity index (χ2v) is 4.67. The van der Waals surface area contributed by atoms with E-state index in [1.54, 1.807) is 6.08 Å². The van der Waals surface area contributed by atoms with E-state index in [-0.39, 0.29) is 18.8 Å². The number of aliphatic hydroxyl groups excluding tert-OH is 3. The summed E-state index contributed by atoms with van der Waals surface area (Å²) in [5.41, 5.74) is 1.03. The maximum atomic E-state index is 10.0. The summed E-state index contributed by atoms with van der Waals surface area (Å²) in [6.45, 7) is 1.84. The van der Waals surface area contributed by atoms with Gasteiger partial charge in [-0.25, -0.2) is 0 Å². The van der Waals surface area contributed by atoms with Gasteiger partial charge in [0.15, 0.2) is 0 Å². The molecule has 100 valence electrons. The highest BCUT2D eigenvalue weighted by atomic mass is 16.6. The van der Waals surface area contributed by atoms with E-state index >= 15 is 0 Å². The molecule has 3 N–H and O–H groups in total. The predicted octanol–water partition coefficient (Wildman–Crippen LogP) is 0.691. The number of hydrogen-bond acceptors (Lipinski definition) is 4. The van der Waals surface area contributed by atoms with Gasteiger partial charge < -0.3 is 20.1 Å². The first-order valence-corrected chi connectivity index (χ1v) is 6.39. The number of allylic oxidation sites excluding steroid dienone is 3. The highest BCUT2D eigenvalue weighted by Gasteiger charge is 2.54. The SMILES string of the molecule is CCC/C=C/C=C/C1=C(CO)[C@H](O)C2OC2[C@@H]1O. The fourth-order valence-electron chi connectivity index (χ4n) is 2.27. The van der Waals surface area contributed by atoms with E-state index in [1.165, 1.54) is 0 Å². The molecule has 0 radical (unpaired) electrons. The molecule has 2 aliphatic rings. The Kier molecular flexibility index (Phi) is 4.35. The van der Waals surface area contributed by atoms with Crippen molar-refractivity contribution in [3.8, 4) is 0 Å². The van der Waals surface area contributed by atoms with Crippen LogP contribution in [0.2, 0.25) is 0 Å². The first kappa shape index (κ1) is 13.5. The molecule has 1 fully saturated rings. The quantitative estimate of drug-likeness (QED) is 0.497. The van der Waals surface area contributed by atoms with Gasteiger partial charge in [0.05, 0.1) is 6.61 Å². The molecule has 4 heteroatoms. The molecule has 0 spiro atoms. The summed E-state index contributed by atoms with van der Waals surface area (Å²) >= 11 is 0. The Morgan fingerprint density at radius 1 is 1.17 bits per heavy atom. The summed E-state index contributed by atoms with van der Waals surface area (Å²) in [6, 6.07) is 0. The lowest BCUT2D eigenvalue weighted by Gasteiger charge is -2.23. The number of epoxide rings is 1. The van der Waals surface area contributed by atoms with Crippen LogP contribution in [-0.2, 0) is 4.74 Å². The molecule has 2 rings (SSSR count). The van der Waals surface area contributed by atoms with Crippen LogP contribution in [0, 0.1) is 0 Å². The van der Waals surface area contributed by atoms with Crippen molar-refractivity contribution in [3.05, 3.63) is 35.5 Å². The molecule has 0 aromatic carbocycles. The van der Waals surface area contributed by atoms with Crippen LogP contribution in [-0.4, -0.2) is 46.3 Å². The molecule has 0 aromatic heterocycles. The molecule has 2 unspecified atom stereocenters. The van der Waals surface area contributed by atoms with Crippen LogP contribution >= 0.6 is 0 Å². The van der Waals surface area contributed by atoms with Crippen LogP contribution in [0.3, 0.4) is 0 Å². The number of unbranched alkanes of at least 4 members (excludes halogenated alkanes) is 1. The van der Waals surface area contributed by atoms with E-state index < -0.39 is 12.2 Å². The van der Waals surface area contributed by atoms with Crippen molar-refractivity contribution in [2.24, 2.45) is 0 Å². The summed E-state index contributed by atoms with van der Waals surface area (Å²) in [4.78, 5) is 0. The topological polar surface area (TPSA) is 73.2 Å². The zero-order chi connectivity index (χ0) is 13.1. The lowest BCUT2D eigenvalue weighted by molar-refractivity contribution is 0.141. The number of hydrogen-bond donors (Lipinski definition) is 3. The van der Waals surface area contributed by atoms with Crippen LogP contribution < -0.4 is 0 Å². The van der Waals surface area contributed by atoms with E-state index in [1.807, 2.05) is 18.2 Å². The first-order chi connectivity index (χ1) is 8.70. The van der Waals surface area contributed by atoms with E-state index in [9.17, 15) is 15.3 Å². The molecule has 1 aliphatic heterocycles. The van der Waals surface area contributed by atoms with E-state index in [0.29, 0.717) is 11.1 Å². The number of aliphatic hydroxyl groups is 3. The van der Waals surface area contributed by atoms with Gasteiger partial charge in [-0.05, 0) is 17.6 Å². The average Bonchev–Trinajstić information content (AvgIpc) is 3.15. The monoisotopic (exact) mass is 252 g/mol. The molecule has 18 heavy (non-hydrogen) atoms. The predicted molar refractivity (Wildman–Crippen MR) is 68.0 cm³/mol. The average molecular weight is 252 g/mol. The third-order valence-electron chi connectivity index (χ3n) is 3.38. The Labute approximate surface area is 107 Å². The molecule has 4 nitrogen and oxygen atoms in total. The fraction of sp³-hybridized carbons (Fsp3) is 0.571. The zero-order valence-corrected chi connectivity index (χ0v) is 10.5. The maximum Gasteiger partial charge on any atom is 0.117 e. The first-order valence-electron chi connectivity index (χ1n) is 6.39. The van der Waals surface area contributed by atoms with Gasteiger partial charge in [-0.1, -0.05) is 37.6 Å². The Hall–Kier alpha value is -0.940. The molecule has 0 bridgehead atoms. The van der Waals surface area contributed by atoms with Crippen LogP contribution in [0.25, 0.3) is 0 Å². The van der Waals surface area contributed by atoms with Crippen LogP contribution in [0.15, 0.2) is 35.5 Å². The Bertz CT molecular complexity index is 383. The summed E-state index contributed by atoms with van der Waals surface area (Å²) in [5.74, 6) is 0. The van der Waals surface area contributed by atoms with Gasteiger partial charge in [0.25, 0.3) is 0 Å². The maximum absolute atomic E-state index is 10.0. The van der Waals surface area contributed by atoms with Gasteiger partial charge in [-0.15, -0.1) is 0 Å². The molecule has 0 aromatic rings. The zero-order valence-electron chi connectivity index (χ0n) is 10.5. The number of fused-ring (bicyclic) bond motifs is 1. The second kappa shape index (κ2) is 5.80. The van der Waals surface area contributed by atoms with Crippen molar-refractivity contribution in [1.29, 1.82) is 0 Å². The molecule has 0 saturated carbocycles. The molecule has 0 amide bonds. The van der Waals surface area contributed by atoms with Crippen molar-refractivity contribution >= 4 is 0 Å². The minimum Gasteiger partial charge on any atom is -0.392 e. The Balaban J connectivity index is 2.11. The van der Waals surface area contributed by atoms with E-state index in [0.717, 1.165) is 12.8 Å². The van der Waals surface area contributed by atoms with Gasteiger partial charge in [0.2, 0.25) is 0 Å². The van der Waals surface area contributed by atoms with Gasteiger partial charge in [-0.2, -0.15) is 0 Å². The number of ether oxygens (including phenoxy) is 1. The van der Waals surface area contributed by atoms with Crippen molar-refractivity contribution < 1.29 is 20.1 Å². The molecular formula is C14H20O4. The molecule has 1 heterocycles. The van der Waals surface area contributed by atoms with E-state index in [4.69, 9.17) is 4.74 Å². The third-order valence-corrected chi connectivity index (χ3v) is 3.38. The molecule has 1 saturated heterocycles. The highest BCUT2D eigenvalue weighted by molar-refractivity contribution is 5.40. The fourth-order valence-corrected chi connectivity index (χ4v) is 2.27.